The molecule has 0 rings (SSSR count). The molecule has 3 N–H and O–H groups in total. The minimum atomic E-state index is -3.16. The van der Waals surface area contributed by atoms with Crippen molar-refractivity contribution in [3.63, 3.8) is 0 Å². The summed E-state index contributed by atoms with van der Waals surface area (Å²) in [5, 5.41) is 0. The van der Waals surface area contributed by atoms with Gasteiger partial charge in [-0.1, -0.05) is 13.8 Å². The molecule has 5 heteroatoms. The van der Waals surface area contributed by atoms with Crippen LogP contribution in [0, 0.1) is 5.92 Å². The Morgan fingerprint density at radius 3 is 2.15 bits per heavy atom. The molecule has 1 unspecified atom stereocenters. The Morgan fingerprint density at radius 1 is 1.46 bits per heavy atom. The lowest BCUT2D eigenvalue weighted by Gasteiger charge is -2.32. The van der Waals surface area contributed by atoms with Gasteiger partial charge in [-0.2, -0.15) is 0 Å². The van der Waals surface area contributed by atoms with Crippen LogP contribution in [0.25, 0.3) is 0 Å². The molecule has 0 radical (unpaired) electrons. The van der Waals surface area contributed by atoms with E-state index in [0.717, 1.165) is 0 Å². The third-order valence-corrected chi connectivity index (χ3v) is 4.00. The maximum absolute atomic E-state index is 11.3. The molecule has 13 heavy (non-hydrogen) atoms. The first-order valence-electron chi connectivity index (χ1n) is 4.49. The predicted molar refractivity (Wildman–Crippen MR) is 54.9 cm³/mol. The largest absolute Gasteiger partial charge is 0.329 e. The minimum Gasteiger partial charge on any atom is -0.329 e. The van der Waals surface area contributed by atoms with E-state index in [1.165, 1.54) is 0 Å². The minimum absolute atomic E-state index is 0.0926. The van der Waals surface area contributed by atoms with Crippen LogP contribution in [0.1, 0.15) is 27.7 Å². The normalized spacial score (nSPS) is 17.4. The topological polar surface area (TPSA) is 72.2 Å². The van der Waals surface area contributed by atoms with Crippen LogP contribution < -0.4 is 10.5 Å². The summed E-state index contributed by atoms with van der Waals surface area (Å²) in [6, 6.07) is 0. The van der Waals surface area contributed by atoms with Crippen LogP contribution in [0.15, 0.2) is 0 Å². The molecule has 0 aliphatic carbocycles. The SMILES string of the molecule is CCS(=O)(=O)NC(C)(CN)C(C)C. The van der Waals surface area contributed by atoms with Crippen LogP contribution in [0.2, 0.25) is 0 Å². The van der Waals surface area contributed by atoms with Gasteiger partial charge in [0.2, 0.25) is 10.0 Å². The first kappa shape index (κ1) is 12.9. The smallest absolute Gasteiger partial charge is 0.211 e. The Kier molecular flexibility index (Phi) is 4.35. The summed E-state index contributed by atoms with van der Waals surface area (Å²) in [6.07, 6.45) is 0. The zero-order chi connectivity index (χ0) is 10.7. The molecule has 80 valence electrons. The first-order valence-corrected chi connectivity index (χ1v) is 6.14. The van der Waals surface area contributed by atoms with E-state index < -0.39 is 15.6 Å². The van der Waals surface area contributed by atoms with E-state index in [9.17, 15) is 8.42 Å². The van der Waals surface area contributed by atoms with Crippen molar-refractivity contribution < 1.29 is 8.42 Å². The molecule has 0 aromatic carbocycles. The summed E-state index contributed by atoms with van der Waals surface area (Å²) >= 11 is 0. The molecule has 0 fully saturated rings. The molecule has 1 atom stereocenters. The highest BCUT2D eigenvalue weighted by Gasteiger charge is 2.30. The lowest BCUT2D eigenvalue weighted by Crippen LogP contribution is -2.55. The van der Waals surface area contributed by atoms with Gasteiger partial charge >= 0.3 is 0 Å². The fourth-order valence-corrected chi connectivity index (χ4v) is 2.00. The maximum Gasteiger partial charge on any atom is 0.211 e. The number of rotatable bonds is 5. The summed E-state index contributed by atoms with van der Waals surface area (Å²) in [7, 11) is -3.16. The highest BCUT2D eigenvalue weighted by molar-refractivity contribution is 7.89. The van der Waals surface area contributed by atoms with E-state index in [-0.39, 0.29) is 11.7 Å². The van der Waals surface area contributed by atoms with Gasteiger partial charge in [-0.05, 0) is 19.8 Å². The third kappa shape index (κ3) is 3.62. The predicted octanol–water partition coefficient (Wildman–Crippen LogP) is 0.299. The number of hydrogen-bond donors (Lipinski definition) is 2. The summed E-state index contributed by atoms with van der Waals surface area (Å²) in [4.78, 5) is 0. The molecule has 0 aliphatic rings. The molecule has 4 nitrogen and oxygen atoms in total. The van der Waals surface area contributed by atoms with E-state index in [2.05, 4.69) is 4.72 Å². The monoisotopic (exact) mass is 208 g/mol. The molecule has 0 aliphatic heterocycles. The zero-order valence-electron chi connectivity index (χ0n) is 8.79. The third-order valence-electron chi connectivity index (χ3n) is 2.47. The van der Waals surface area contributed by atoms with Crippen LogP contribution in [0.5, 0.6) is 0 Å². The Balaban J connectivity index is 4.65. The van der Waals surface area contributed by atoms with Crippen LogP contribution in [-0.2, 0) is 10.0 Å². The quantitative estimate of drug-likeness (QED) is 0.682. The fraction of sp³-hybridized carbons (Fsp3) is 1.00. The van der Waals surface area contributed by atoms with E-state index in [1.807, 2.05) is 20.8 Å². The molecule has 0 saturated carbocycles. The van der Waals surface area contributed by atoms with Crippen molar-refractivity contribution in [1.82, 2.24) is 4.72 Å². The van der Waals surface area contributed by atoms with Gasteiger partial charge in [0, 0.05) is 12.1 Å². The van der Waals surface area contributed by atoms with Gasteiger partial charge in [0.15, 0.2) is 0 Å². The van der Waals surface area contributed by atoms with E-state index in [0.29, 0.717) is 6.54 Å². The van der Waals surface area contributed by atoms with Gasteiger partial charge in [0.05, 0.1) is 5.75 Å². The molecule has 0 amide bonds. The van der Waals surface area contributed by atoms with Gasteiger partial charge < -0.3 is 5.73 Å². The van der Waals surface area contributed by atoms with Crippen molar-refractivity contribution in [3.05, 3.63) is 0 Å². The van der Waals surface area contributed by atoms with Crippen molar-refractivity contribution in [2.75, 3.05) is 12.3 Å². The van der Waals surface area contributed by atoms with Crippen molar-refractivity contribution in [3.8, 4) is 0 Å². The highest BCUT2D eigenvalue weighted by Crippen LogP contribution is 2.15. The Bertz CT molecular complexity index is 249. The van der Waals surface area contributed by atoms with Crippen LogP contribution in [-0.4, -0.2) is 26.3 Å². The number of nitrogens with two attached hydrogens (primary N) is 1. The van der Waals surface area contributed by atoms with Gasteiger partial charge in [-0.25, -0.2) is 13.1 Å². The number of nitrogens with one attached hydrogen (secondary N) is 1. The van der Waals surface area contributed by atoms with Gasteiger partial charge in [0.1, 0.15) is 0 Å². The summed E-state index contributed by atoms with van der Waals surface area (Å²) in [5.74, 6) is 0.272. The van der Waals surface area contributed by atoms with E-state index >= 15 is 0 Å². The lowest BCUT2D eigenvalue weighted by atomic mass is 9.90. The van der Waals surface area contributed by atoms with Crippen molar-refractivity contribution in [2.24, 2.45) is 11.7 Å². The lowest BCUT2D eigenvalue weighted by molar-refractivity contribution is 0.315. The molecular weight excluding hydrogens is 188 g/mol. The highest BCUT2D eigenvalue weighted by atomic mass is 32.2. The van der Waals surface area contributed by atoms with Gasteiger partial charge in [-0.3, -0.25) is 0 Å². The number of sulfonamides is 1. The number of hydrogen-bond acceptors (Lipinski definition) is 3. The van der Waals surface area contributed by atoms with Crippen molar-refractivity contribution in [2.45, 2.75) is 33.2 Å². The second-order valence-corrected chi connectivity index (χ2v) is 5.79. The van der Waals surface area contributed by atoms with E-state index in [1.54, 1.807) is 6.92 Å². The van der Waals surface area contributed by atoms with Gasteiger partial charge in [-0.15, -0.1) is 0 Å². The average Bonchev–Trinajstić information content (AvgIpc) is 2.03. The molecule has 0 bridgehead atoms. The van der Waals surface area contributed by atoms with Crippen LogP contribution in [0.4, 0.5) is 0 Å². The van der Waals surface area contributed by atoms with Crippen molar-refractivity contribution in [1.29, 1.82) is 0 Å². The average molecular weight is 208 g/mol. The Morgan fingerprint density at radius 2 is 1.92 bits per heavy atom. The first-order chi connectivity index (χ1) is 5.77. The molecule has 0 saturated heterocycles. The van der Waals surface area contributed by atoms with Crippen LogP contribution in [0.3, 0.4) is 0 Å². The summed E-state index contributed by atoms with van der Waals surface area (Å²) in [6.45, 7) is 7.64. The second kappa shape index (κ2) is 4.39. The molecule has 0 spiro atoms. The van der Waals surface area contributed by atoms with Crippen LogP contribution >= 0.6 is 0 Å². The second-order valence-electron chi connectivity index (χ2n) is 3.78. The Hall–Kier alpha value is -0.130. The zero-order valence-corrected chi connectivity index (χ0v) is 9.61. The van der Waals surface area contributed by atoms with Crippen molar-refractivity contribution >= 4 is 10.0 Å². The Labute approximate surface area is 80.9 Å². The summed E-state index contributed by atoms with van der Waals surface area (Å²) < 4.78 is 25.2. The standard InChI is InChI=1S/C8H20N2O2S/c1-5-13(11,12)10-8(4,6-9)7(2)3/h7,10H,5-6,9H2,1-4H3. The van der Waals surface area contributed by atoms with Gasteiger partial charge in [0.25, 0.3) is 0 Å². The molecule has 0 aromatic heterocycles. The molecular formula is C8H20N2O2S. The molecule has 0 heterocycles. The summed E-state index contributed by atoms with van der Waals surface area (Å²) in [5.41, 5.74) is 5.01. The maximum atomic E-state index is 11.3. The fourth-order valence-electron chi connectivity index (χ4n) is 0.823. The molecule has 0 aromatic rings. The van der Waals surface area contributed by atoms with E-state index in [4.69, 9.17) is 5.73 Å².